The van der Waals surface area contributed by atoms with E-state index in [1.165, 1.54) is 4.90 Å². The number of benzene rings is 5. The molecule has 1 fully saturated rings. The fourth-order valence-corrected chi connectivity index (χ4v) is 7.74. The molecule has 2 amide bonds. The van der Waals surface area contributed by atoms with Crippen LogP contribution in [0.15, 0.2) is 164 Å². The number of carbonyl (C=O) groups is 2. The zero-order chi connectivity index (χ0) is 35.5. The number of pyridine rings is 1. The van der Waals surface area contributed by atoms with Crippen LogP contribution in [0, 0.1) is 0 Å². The van der Waals surface area contributed by atoms with Crippen LogP contribution in [-0.2, 0) is 5.54 Å². The topological polar surface area (TPSA) is 100 Å². The van der Waals surface area contributed by atoms with Crippen molar-refractivity contribution in [1.82, 2.24) is 25.0 Å². The molecule has 8 rings (SSSR count). The van der Waals surface area contributed by atoms with Gasteiger partial charge in [0.05, 0.1) is 5.52 Å². The van der Waals surface area contributed by atoms with E-state index in [9.17, 15) is 14.7 Å². The van der Waals surface area contributed by atoms with E-state index >= 15 is 0 Å². The Morgan fingerprint density at radius 3 is 1.81 bits per heavy atom. The van der Waals surface area contributed by atoms with E-state index < -0.39 is 11.6 Å². The Bertz CT molecular complexity index is 2220. The summed E-state index contributed by atoms with van der Waals surface area (Å²) >= 11 is 0. The van der Waals surface area contributed by atoms with Gasteiger partial charge in [-0.2, -0.15) is 5.10 Å². The second-order valence-corrected chi connectivity index (χ2v) is 13.2. The number of carbonyl (C=O) groups excluding carboxylic acids is 1. The van der Waals surface area contributed by atoms with Gasteiger partial charge in [-0.05, 0) is 59.0 Å². The van der Waals surface area contributed by atoms with Crippen LogP contribution in [0.3, 0.4) is 0 Å². The Morgan fingerprint density at radius 1 is 0.692 bits per heavy atom. The molecule has 5 aromatic carbocycles. The van der Waals surface area contributed by atoms with Gasteiger partial charge in [0.15, 0.2) is 0 Å². The molecule has 0 bridgehead atoms. The zero-order valence-corrected chi connectivity index (χ0v) is 28.4. The smallest absolute Gasteiger partial charge is 0.407 e. The van der Waals surface area contributed by atoms with Crippen LogP contribution in [0.1, 0.15) is 45.0 Å². The highest BCUT2D eigenvalue weighted by molar-refractivity contribution is 6.02. The number of nitrogens with one attached hydrogen (secondary N) is 1. The van der Waals surface area contributed by atoms with Crippen LogP contribution in [0.2, 0.25) is 0 Å². The molecule has 8 heteroatoms. The molecular weight excluding hydrogens is 647 g/mol. The molecule has 1 aliphatic rings. The van der Waals surface area contributed by atoms with Crippen LogP contribution in [0.4, 0.5) is 4.79 Å². The summed E-state index contributed by atoms with van der Waals surface area (Å²) in [4.78, 5) is 31.9. The van der Waals surface area contributed by atoms with Crippen molar-refractivity contribution in [2.45, 2.75) is 23.9 Å². The van der Waals surface area contributed by atoms with E-state index in [0.717, 1.165) is 44.4 Å². The van der Waals surface area contributed by atoms with Crippen molar-refractivity contribution < 1.29 is 14.7 Å². The molecule has 0 spiro atoms. The van der Waals surface area contributed by atoms with Gasteiger partial charge in [0.2, 0.25) is 0 Å². The summed E-state index contributed by atoms with van der Waals surface area (Å²) in [7, 11) is 0. The number of nitrogens with zero attached hydrogens (tertiary/aromatic N) is 4. The first-order chi connectivity index (χ1) is 25.5. The molecule has 2 N–H and O–H groups in total. The first-order valence-electron chi connectivity index (χ1n) is 17.5. The fourth-order valence-electron chi connectivity index (χ4n) is 7.74. The summed E-state index contributed by atoms with van der Waals surface area (Å²) in [6, 6.07) is 50.3. The van der Waals surface area contributed by atoms with E-state index in [0.29, 0.717) is 18.5 Å². The average Bonchev–Trinajstić information content (AvgIpc) is 3.59. The monoisotopic (exact) mass is 683 g/mol. The molecule has 7 aromatic rings. The molecule has 2 unspecified atom stereocenters. The molecule has 0 saturated carbocycles. The molecule has 52 heavy (non-hydrogen) atoms. The lowest BCUT2D eigenvalue weighted by molar-refractivity contribution is 0.0874. The third kappa shape index (κ3) is 5.98. The number of hydrogen-bond donors (Lipinski definition) is 2. The fraction of sp³-hybridized carbons (Fsp3) is 0.136. The minimum atomic E-state index is -0.991. The van der Waals surface area contributed by atoms with Crippen LogP contribution in [0.5, 0.6) is 0 Å². The van der Waals surface area contributed by atoms with E-state index in [1.54, 1.807) is 12.4 Å². The van der Waals surface area contributed by atoms with Gasteiger partial charge in [-0.25, -0.2) is 9.48 Å². The third-order valence-electron chi connectivity index (χ3n) is 10.1. The van der Waals surface area contributed by atoms with Crippen molar-refractivity contribution in [2.24, 2.45) is 0 Å². The predicted molar refractivity (Wildman–Crippen MR) is 202 cm³/mol. The maximum absolute atomic E-state index is 14.1. The summed E-state index contributed by atoms with van der Waals surface area (Å²) in [5, 5.41) is 19.4. The van der Waals surface area contributed by atoms with Crippen LogP contribution in [0.25, 0.3) is 22.2 Å². The molecule has 8 nitrogen and oxygen atoms in total. The molecule has 2 atom stereocenters. The normalized spacial score (nSPS) is 16.0. The van der Waals surface area contributed by atoms with Gasteiger partial charge in [0.25, 0.3) is 5.91 Å². The minimum absolute atomic E-state index is 0.0302. The molecule has 3 heterocycles. The lowest BCUT2D eigenvalue weighted by atomic mass is 9.77. The average molecular weight is 684 g/mol. The van der Waals surface area contributed by atoms with E-state index in [4.69, 9.17) is 5.10 Å². The zero-order valence-electron chi connectivity index (χ0n) is 28.4. The molecule has 0 radical (unpaired) electrons. The van der Waals surface area contributed by atoms with Gasteiger partial charge >= 0.3 is 6.09 Å². The highest BCUT2D eigenvalue weighted by Crippen LogP contribution is 2.44. The van der Waals surface area contributed by atoms with Crippen LogP contribution in [-0.4, -0.2) is 55.9 Å². The molecular formula is C44H37N5O3. The maximum Gasteiger partial charge on any atom is 0.407 e. The summed E-state index contributed by atoms with van der Waals surface area (Å²) in [6.07, 6.45) is 3.14. The van der Waals surface area contributed by atoms with E-state index in [1.807, 2.05) is 115 Å². The largest absolute Gasteiger partial charge is 0.465 e. The highest BCUT2D eigenvalue weighted by Gasteiger charge is 2.41. The first kappa shape index (κ1) is 32.7. The molecule has 2 aromatic heterocycles. The van der Waals surface area contributed by atoms with Gasteiger partial charge in [-0.3, -0.25) is 9.78 Å². The SMILES string of the molecule is O=C(NC1CC(c2ccccc2)CN(C(=O)O)C1)c1ccc2c(c1)c(-c1ccncc1)nn2C(c1ccccc1)(c1ccccc1)c1ccccc1. The number of carboxylic acid groups (broad SMARTS) is 1. The predicted octanol–water partition coefficient (Wildman–Crippen LogP) is 8.20. The molecule has 256 valence electrons. The summed E-state index contributed by atoms with van der Waals surface area (Å²) in [5.41, 5.74) is 6.20. The Balaban J connectivity index is 1.27. The second-order valence-electron chi connectivity index (χ2n) is 13.2. The first-order valence-corrected chi connectivity index (χ1v) is 17.5. The Hall–Kier alpha value is -6.54. The number of piperidine rings is 1. The van der Waals surface area contributed by atoms with E-state index in [2.05, 4.69) is 51.4 Å². The number of likely N-dealkylation sites (tertiary alicyclic amines) is 1. The number of fused-ring (bicyclic) bond motifs is 1. The highest BCUT2D eigenvalue weighted by atomic mass is 16.4. The van der Waals surface area contributed by atoms with Gasteiger partial charge in [0.1, 0.15) is 11.2 Å². The minimum Gasteiger partial charge on any atom is -0.465 e. The van der Waals surface area contributed by atoms with Gasteiger partial charge < -0.3 is 15.3 Å². The Labute approximate surface area is 302 Å². The quantitative estimate of drug-likeness (QED) is 0.157. The van der Waals surface area contributed by atoms with Crippen molar-refractivity contribution in [2.75, 3.05) is 13.1 Å². The number of aromatic nitrogens is 3. The van der Waals surface area contributed by atoms with Gasteiger partial charge in [-0.15, -0.1) is 0 Å². The standard InChI is InChI=1S/C44H37N5O3/c50-42(46-38-27-34(29-48(30-38)43(51)52)31-13-5-1-6-14-31)33-21-22-40-39(28-33)41(32-23-25-45-26-24-32)47-49(40)44(35-15-7-2-8-16-35,36-17-9-3-10-18-36)37-19-11-4-12-20-37/h1-26,28,34,38H,27,29-30H2,(H,46,50)(H,51,52). The van der Waals surface area contributed by atoms with Crippen molar-refractivity contribution in [3.63, 3.8) is 0 Å². The van der Waals surface area contributed by atoms with E-state index in [-0.39, 0.29) is 24.4 Å². The number of hydrogen-bond acceptors (Lipinski definition) is 4. The molecule has 1 aliphatic heterocycles. The van der Waals surface area contributed by atoms with Crippen LogP contribution < -0.4 is 5.32 Å². The molecule has 0 aliphatic carbocycles. The van der Waals surface area contributed by atoms with Crippen molar-refractivity contribution in [1.29, 1.82) is 0 Å². The van der Waals surface area contributed by atoms with Crippen molar-refractivity contribution in [3.05, 3.63) is 192 Å². The third-order valence-corrected chi connectivity index (χ3v) is 10.1. The lowest BCUT2D eigenvalue weighted by Crippen LogP contribution is -2.51. The van der Waals surface area contributed by atoms with Gasteiger partial charge in [-0.1, -0.05) is 121 Å². The summed E-state index contributed by atoms with van der Waals surface area (Å²) in [6.45, 7) is 0.610. The molecule has 1 saturated heterocycles. The van der Waals surface area contributed by atoms with Crippen molar-refractivity contribution >= 4 is 22.9 Å². The summed E-state index contributed by atoms with van der Waals surface area (Å²) < 4.78 is 2.09. The number of rotatable bonds is 8. The number of amides is 2. The van der Waals surface area contributed by atoms with Gasteiger partial charge in [0, 0.05) is 54.0 Å². The summed E-state index contributed by atoms with van der Waals surface area (Å²) in [5.74, 6) is -0.294. The lowest BCUT2D eigenvalue weighted by Gasteiger charge is -2.37. The Kier molecular flexibility index (Phi) is 8.79. The Morgan fingerprint density at radius 2 is 1.25 bits per heavy atom. The second kappa shape index (κ2) is 14.0. The maximum atomic E-state index is 14.1. The van der Waals surface area contributed by atoms with Crippen LogP contribution >= 0.6 is 0 Å². The van der Waals surface area contributed by atoms with Crippen molar-refractivity contribution in [3.8, 4) is 11.3 Å².